The third-order valence-electron chi connectivity index (χ3n) is 5.34. The van der Waals surface area contributed by atoms with Crippen LogP contribution in [0.5, 0.6) is 0 Å². The molecule has 4 rings (SSSR count). The summed E-state index contributed by atoms with van der Waals surface area (Å²) in [7, 11) is 0. The molecule has 0 radical (unpaired) electrons. The number of nitrogens with one attached hydrogen (secondary N) is 1. The van der Waals surface area contributed by atoms with Gasteiger partial charge in [-0.1, -0.05) is 60.7 Å². The summed E-state index contributed by atoms with van der Waals surface area (Å²) in [5.74, 6) is 0.623. The lowest BCUT2D eigenvalue weighted by Gasteiger charge is -2.27. The maximum Gasteiger partial charge on any atom is 0.318 e. The monoisotopic (exact) mass is 417 g/mol. The Hall–Kier alpha value is -3.54. The summed E-state index contributed by atoms with van der Waals surface area (Å²) in [5, 5.41) is 2.96. The van der Waals surface area contributed by atoms with Crippen molar-refractivity contribution in [2.75, 3.05) is 6.54 Å². The van der Waals surface area contributed by atoms with E-state index in [0.717, 1.165) is 29.7 Å². The molecule has 1 aliphatic carbocycles. The largest absolute Gasteiger partial charge is 0.467 e. The SMILES string of the molecule is O=C(CN(C(=O)NCc1ccccc1)C1CC1)N(Cc1ccccc1)Cc1ccco1. The van der Waals surface area contributed by atoms with Crippen LogP contribution in [-0.2, 0) is 24.4 Å². The molecule has 31 heavy (non-hydrogen) atoms. The van der Waals surface area contributed by atoms with Gasteiger partial charge in [0.1, 0.15) is 12.3 Å². The zero-order valence-corrected chi connectivity index (χ0v) is 17.4. The lowest BCUT2D eigenvalue weighted by atomic mass is 10.2. The lowest BCUT2D eigenvalue weighted by molar-refractivity contribution is -0.133. The Labute approximate surface area is 182 Å². The second-order valence-electron chi connectivity index (χ2n) is 7.82. The molecule has 1 fully saturated rings. The van der Waals surface area contributed by atoms with Crippen LogP contribution in [0.4, 0.5) is 4.79 Å². The van der Waals surface area contributed by atoms with E-state index in [1.54, 1.807) is 16.1 Å². The van der Waals surface area contributed by atoms with Gasteiger partial charge in [0.2, 0.25) is 5.91 Å². The highest BCUT2D eigenvalue weighted by molar-refractivity contribution is 5.84. The summed E-state index contributed by atoms with van der Waals surface area (Å²) < 4.78 is 5.46. The van der Waals surface area contributed by atoms with Gasteiger partial charge in [0.05, 0.1) is 12.8 Å². The van der Waals surface area contributed by atoms with Crippen LogP contribution in [0.3, 0.4) is 0 Å². The van der Waals surface area contributed by atoms with Gasteiger partial charge in [-0.3, -0.25) is 4.79 Å². The predicted octanol–water partition coefficient (Wildman–Crippen LogP) is 4.18. The minimum atomic E-state index is -0.197. The van der Waals surface area contributed by atoms with Gasteiger partial charge >= 0.3 is 6.03 Å². The molecule has 3 aromatic rings. The zero-order valence-electron chi connectivity index (χ0n) is 17.4. The molecule has 1 saturated carbocycles. The van der Waals surface area contributed by atoms with E-state index in [0.29, 0.717) is 19.6 Å². The summed E-state index contributed by atoms with van der Waals surface area (Å²) in [6, 6.07) is 23.2. The number of rotatable bonds is 9. The minimum absolute atomic E-state index is 0.0544. The molecule has 0 aliphatic heterocycles. The summed E-state index contributed by atoms with van der Waals surface area (Å²) in [4.78, 5) is 29.5. The molecule has 3 amide bonds. The standard InChI is InChI=1S/C25H27N3O3/c29-24(27(18-23-12-7-15-31-23)17-21-10-5-2-6-11-21)19-28(22-13-14-22)25(30)26-16-20-8-3-1-4-9-20/h1-12,15,22H,13-14,16-19H2,(H,26,30). The van der Waals surface area contributed by atoms with Gasteiger partial charge in [0.15, 0.2) is 0 Å². The Morgan fingerprint density at radius 1 is 0.871 bits per heavy atom. The summed E-state index contributed by atoms with van der Waals surface area (Å²) in [5.41, 5.74) is 2.07. The number of hydrogen-bond donors (Lipinski definition) is 1. The quantitative estimate of drug-likeness (QED) is 0.568. The average Bonchev–Trinajstić information content (AvgIpc) is 3.52. The highest BCUT2D eigenvalue weighted by Crippen LogP contribution is 2.27. The molecular formula is C25H27N3O3. The molecule has 1 heterocycles. The molecule has 1 aromatic heterocycles. The number of benzene rings is 2. The molecule has 0 atom stereocenters. The van der Waals surface area contributed by atoms with Crippen LogP contribution in [0.1, 0.15) is 29.7 Å². The zero-order chi connectivity index (χ0) is 21.5. The molecule has 1 aliphatic rings. The van der Waals surface area contributed by atoms with Gasteiger partial charge in [0, 0.05) is 19.1 Å². The molecule has 160 valence electrons. The van der Waals surface area contributed by atoms with Crippen molar-refractivity contribution in [1.82, 2.24) is 15.1 Å². The Morgan fingerprint density at radius 3 is 2.16 bits per heavy atom. The maximum absolute atomic E-state index is 13.3. The fourth-order valence-corrected chi connectivity index (χ4v) is 3.50. The second kappa shape index (κ2) is 9.98. The molecule has 0 unspecified atom stereocenters. The number of furan rings is 1. The smallest absolute Gasteiger partial charge is 0.318 e. The van der Waals surface area contributed by atoms with Crippen LogP contribution < -0.4 is 5.32 Å². The van der Waals surface area contributed by atoms with Crippen molar-refractivity contribution in [2.45, 2.75) is 38.5 Å². The highest BCUT2D eigenvalue weighted by atomic mass is 16.3. The van der Waals surface area contributed by atoms with Crippen molar-refractivity contribution in [2.24, 2.45) is 0 Å². The number of carbonyl (C=O) groups excluding carboxylic acids is 2. The topological polar surface area (TPSA) is 65.8 Å². The fourth-order valence-electron chi connectivity index (χ4n) is 3.50. The third kappa shape index (κ3) is 5.98. The number of amides is 3. The van der Waals surface area contributed by atoms with Crippen molar-refractivity contribution >= 4 is 11.9 Å². The first-order valence-corrected chi connectivity index (χ1v) is 10.6. The van der Waals surface area contributed by atoms with E-state index >= 15 is 0 Å². The van der Waals surface area contributed by atoms with Crippen LogP contribution in [0.15, 0.2) is 83.5 Å². The van der Waals surface area contributed by atoms with Gasteiger partial charge in [0.25, 0.3) is 0 Å². The average molecular weight is 418 g/mol. The van der Waals surface area contributed by atoms with E-state index in [9.17, 15) is 9.59 Å². The van der Waals surface area contributed by atoms with Crippen LogP contribution in [-0.4, -0.2) is 34.3 Å². The molecule has 0 saturated heterocycles. The van der Waals surface area contributed by atoms with Crippen LogP contribution in [0.25, 0.3) is 0 Å². The van der Waals surface area contributed by atoms with Gasteiger partial charge < -0.3 is 19.5 Å². The van der Waals surface area contributed by atoms with Crippen molar-refractivity contribution in [3.05, 3.63) is 95.9 Å². The lowest BCUT2D eigenvalue weighted by Crippen LogP contribution is -2.47. The van der Waals surface area contributed by atoms with E-state index in [4.69, 9.17) is 4.42 Å². The first-order valence-electron chi connectivity index (χ1n) is 10.6. The predicted molar refractivity (Wildman–Crippen MR) is 118 cm³/mol. The normalized spacial score (nSPS) is 12.9. The molecule has 6 nitrogen and oxygen atoms in total. The Bertz CT molecular complexity index is 970. The first kappa shape index (κ1) is 20.7. The van der Waals surface area contributed by atoms with Crippen molar-refractivity contribution < 1.29 is 14.0 Å². The van der Waals surface area contributed by atoms with Gasteiger partial charge in [-0.05, 0) is 36.1 Å². The van der Waals surface area contributed by atoms with E-state index in [-0.39, 0.29) is 24.5 Å². The Balaban J connectivity index is 1.42. The molecular weight excluding hydrogens is 390 g/mol. The van der Waals surface area contributed by atoms with E-state index in [1.807, 2.05) is 72.8 Å². The summed E-state index contributed by atoms with van der Waals surface area (Å²) >= 11 is 0. The molecule has 1 N–H and O–H groups in total. The number of carbonyl (C=O) groups is 2. The van der Waals surface area contributed by atoms with Gasteiger partial charge in [-0.15, -0.1) is 0 Å². The fraction of sp³-hybridized carbons (Fsp3) is 0.280. The first-order chi connectivity index (χ1) is 15.2. The van der Waals surface area contributed by atoms with Crippen molar-refractivity contribution in [1.29, 1.82) is 0 Å². The van der Waals surface area contributed by atoms with Crippen LogP contribution in [0.2, 0.25) is 0 Å². The number of hydrogen-bond acceptors (Lipinski definition) is 3. The Kier molecular flexibility index (Phi) is 6.67. The third-order valence-corrected chi connectivity index (χ3v) is 5.34. The molecule has 0 bridgehead atoms. The van der Waals surface area contributed by atoms with E-state index in [1.165, 1.54) is 0 Å². The summed E-state index contributed by atoms with van der Waals surface area (Å²) in [6.07, 6.45) is 3.47. The van der Waals surface area contributed by atoms with E-state index < -0.39 is 0 Å². The number of urea groups is 1. The van der Waals surface area contributed by atoms with Crippen molar-refractivity contribution in [3.63, 3.8) is 0 Å². The molecule has 2 aromatic carbocycles. The van der Waals surface area contributed by atoms with E-state index in [2.05, 4.69) is 5.32 Å². The van der Waals surface area contributed by atoms with Crippen LogP contribution in [0, 0.1) is 0 Å². The molecule has 0 spiro atoms. The Morgan fingerprint density at radius 2 is 1.55 bits per heavy atom. The molecule has 6 heteroatoms. The number of nitrogens with zero attached hydrogens (tertiary/aromatic N) is 2. The summed E-state index contributed by atoms with van der Waals surface area (Å²) in [6.45, 7) is 1.32. The minimum Gasteiger partial charge on any atom is -0.467 e. The highest BCUT2D eigenvalue weighted by Gasteiger charge is 2.35. The van der Waals surface area contributed by atoms with Gasteiger partial charge in [-0.25, -0.2) is 4.79 Å². The van der Waals surface area contributed by atoms with Crippen molar-refractivity contribution in [3.8, 4) is 0 Å². The van der Waals surface area contributed by atoms with Crippen LogP contribution >= 0.6 is 0 Å². The van der Waals surface area contributed by atoms with Gasteiger partial charge in [-0.2, -0.15) is 0 Å². The second-order valence-corrected chi connectivity index (χ2v) is 7.82. The maximum atomic E-state index is 13.3.